The molecule has 2 aliphatic heterocycles. The van der Waals surface area contributed by atoms with Gasteiger partial charge in [0.25, 0.3) is 0 Å². The third kappa shape index (κ3) is 4.43. The normalized spacial score (nSPS) is 34.0. The molecule has 3 nitrogen and oxygen atoms in total. The topological polar surface area (TPSA) is 9.72 Å². The number of rotatable bonds is 4. The molecule has 0 radical (unpaired) electrons. The van der Waals surface area contributed by atoms with Crippen molar-refractivity contribution in [1.82, 2.24) is 14.7 Å². The predicted molar refractivity (Wildman–Crippen MR) is 91.8 cm³/mol. The summed E-state index contributed by atoms with van der Waals surface area (Å²) in [7, 11) is 0. The lowest BCUT2D eigenvalue weighted by atomic mass is 9.90. The SMILES string of the molecule is CC(C)CN1[C@H](C)CC(N2CCN(C(C)C)CC2)C[C@@H]1C. The standard InChI is InChI=1S/C18H37N3/c1-14(2)13-21-16(5)11-18(12-17(21)6)20-9-7-19(8-10-20)15(3)4/h14-18H,7-13H2,1-6H3/t16-,17+,18?. The third-order valence-corrected chi connectivity index (χ3v) is 5.53. The predicted octanol–water partition coefficient (Wildman–Crippen LogP) is 2.91. The molecule has 0 aromatic rings. The van der Waals surface area contributed by atoms with Crippen LogP contribution in [0.2, 0.25) is 0 Å². The van der Waals surface area contributed by atoms with E-state index in [0.29, 0.717) is 6.04 Å². The summed E-state index contributed by atoms with van der Waals surface area (Å²) in [6.07, 6.45) is 2.72. The fraction of sp³-hybridized carbons (Fsp3) is 1.00. The van der Waals surface area contributed by atoms with E-state index in [-0.39, 0.29) is 0 Å². The van der Waals surface area contributed by atoms with Crippen LogP contribution in [0, 0.1) is 5.92 Å². The van der Waals surface area contributed by atoms with E-state index in [0.717, 1.165) is 24.0 Å². The van der Waals surface area contributed by atoms with Gasteiger partial charge in [-0.05, 0) is 46.5 Å². The van der Waals surface area contributed by atoms with Crippen LogP contribution in [0.5, 0.6) is 0 Å². The van der Waals surface area contributed by atoms with Crippen molar-refractivity contribution in [3.05, 3.63) is 0 Å². The van der Waals surface area contributed by atoms with Gasteiger partial charge in [-0.15, -0.1) is 0 Å². The van der Waals surface area contributed by atoms with E-state index < -0.39 is 0 Å². The molecule has 3 heteroatoms. The van der Waals surface area contributed by atoms with Crippen molar-refractivity contribution in [2.24, 2.45) is 5.92 Å². The molecule has 2 aliphatic rings. The smallest absolute Gasteiger partial charge is 0.0126 e. The maximum absolute atomic E-state index is 2.78. The van der Waals surface area contributed by atoms with E-state index in [9.17, 15) is 0 Å². The summed E-state index contributed by atoms with van der Waals surface area (Å²) in [5, 5.41) is 0. The maximum atomic E-state index is 2.78. The summed E-state index contributed by atoms with van der Waals surface area (Å²) in [6.45, 7) is 20.5. The molecule has 0 spiro atoms. The highest BCUT2D eigenvalue weighted by Crippen LogP contribution is 2.28. The molecule has 0 bridgehead atoms. The molecule has 0 saturated carbocycles. The zero-order valence-corrected chi connectivity index (χ0v) is 15.2. The van der Waals surface area contributed by atoms with Gasteiger partial charge in [-0.25, -0.2) is 0 Å². The molecule has 2 heterocycles. The molecule has 0 aromatic carbocycles. The number of piperidine rings is 1. The van der Waals surface area contributed by atoms with Gasteiger partial charge >= 0.3 is 0 Å². The Balaban J connectivity index is 1.87. The Labute approximate surface area is 132 Å². The minimum absolute atomic E-state index is 0.706. The average Bonchev–Trinajstić information content (AvgIpc) is 2.42. The number of likely N-dealkylation sites (tertiary alicyclic amines) is 1. The Bertz CT molecular complexity index is 296. The van der Waals surface area contributed by atoms with Crippen molar-refractivity contribution in [3.63, 3.8) is 0 Å². The van der Waals surface area contributed by atoms with Crippen molar-refractivity contribution < 1.29 is 0 Å². The summed E-state index contributed by atoms with van der Waals surface area (Å²) in [5.41, 5.74) is 0. The first-order valence-electron chi connectivity index (χ1n) is 9.12. The van der Waals surface area contributed by atoms with Crippen LogP contribution in [-0.4, -0.2) is 71.6 Å². The second-order valence-corrected chi connectivity index (χ2v) is 8.08. The van der Waals surface area contributed by atoms with Crippen LogP contribution in [0.4, 0.5) is 0 Å². The lowest BCUT2D eigenvalue weighted by Gasteiger charge is -2.49. The van der Waals surface area contributed by atoms with Gasteiger partial charge in [-0.3, -0.25) is 14.7 Å². The minimum Gasteiger partial charge on any atom is -0.298 e. The maximum Gasteiger partial charge on any atom is 0.0126 e. The van der Waals surface area contributed by atoms with E-state index in [2.05, 4.69) is 56.2 Å². The lowest BCUT2D eigenvalue weighted by Crippen LogP contribution is -2.58. The lowest BCUT2D eigenvalue weighted by molar-refractivity contribution is 0.00412. The van der Waals surface area contributed by atoms with Crippen molar-refractivity contribution in [1.29, 1.82) is 0 Å². The molecule has 2 rings (SSSR count). The molecule has 2 fully saturated rings. The van der Waals surface area contributed by atoms with Crippen molar-refractivity contribution in [2.75, 3.05) is 32.7 Å². The highest BCUT2D eigenvalue weighted by molar-refractivity contribution is 4.91. The van der Waals surface area contributed by atoms with E-state index >= 15 is 0 Å². The third-order valence-electron chi connectivity index (χ3n) is 5.53. The van der Waals surface area contributed by atoms with Gasteiger partial charge in [0.1, 0.15) is 0 Å². The Morgan fingerprint density at radius 2 is 1.38 bits per heavy atom. The Hall–Kier alpha value is -0.120. The van der Waals surface area contributed by atoms with Gasteiger partial charge in [0.05, 0.1) is 0 Å². The fourth-order valence-electron chi connectivity index (χ4n) is 4.29. The van der Waals surface area contributed by atoms with E-state index in [4.69, 9.17) is 0 Å². The monoisotopic (exact) mass is 295 g/mol. The van der Waals surface area contributed by atoms with Gasteiger partial charge in [0, 0.05) is 56.9 Å². The van der Waals surface area contributed by atoms with E-state index in [1.807, 2.05) is 0 Å². The number of hydrogen-bond donors (Lipinski definition) is 0. The van der Waals surface area contributed by atoms with Gasteiger partial charge < -0.3 is 0 Å². The summed E-state index contributed by atoms with van der Waals surface area (Å²) >= 11 is 0. The fourth-order valence-corrected chi connectivity index (χ4v) is 4.29. The summed E-state index contributed by atoms with van der Waals surface area (Å²) in [4.78, 5) is 8.14. The zero-order chi connectivity index (χ0) is 15.6. The second kappa shape index (κ2) is 7.43. The molecule has 3 atom stereocenters. The van der Waals surface area contributed by atoms with Crippen molar-refractivity contribution >= 4 is 0 Å². The first-order chi connectivity index (χ1) is 9.88. The van der Waals surface area contributed by atoms with Gasteiger partial charge in [-0.1, -0.05) is 13.8 Å². The molecule has 0 aromatic heterocycles. The summed E-state index contributed by atoms with van der Waals surface area (Å²) in [6, 6.07) is 3.00. The quantitative estimate of drug-likeness (QED) is 0.789. The molecule has 21 heavy (non-hydrogen) atoms. The van der Waals surface area contributed by atoms with Crippen molar-refractivity contribution in [3.8, 4) is 0 Å². The zero-order valence-electron chi connectivity index (χ0n) is 15.2. The molecule has 2 saturated heterocycles. The molecule has 1 unspecified atom stereocenters. The molecule has 124 valence electrons. The minimum atomic E-state index is 0.706. The molecule has 0 N–H and O–H groups in total. The first kappa shape index (κ1) is 17.2. The van der Waals surface area contributed by atoms with Gasteiger partial charge in [0.2, 0.25) is 0 Å². The van der Waals surface area contributed by atoms with Crippen LogP contribution < -0.4 is 0 Å². The van der Waals surface area contributed by atoms with Gasteiger partial charge in [0.15, 0.2) is 0 Å². The number of hydrogen-bond acceptors (Lipinski definition) is 3. The van der Waals surface area contributed by atoms with Crippen LogP contribution in [0.25, 0.3) is 0 Å². The van der Waals surface area contributed by atoms with Crippen LogP contribution in [0.3, 0.4) is 0 Å². The van der Waals surface area contributed by atoms with Gasteiger partial charge in [-0.2, -0.15) is 0 Å². The average molecular weight is 296 g/mol. The van der Waals surface area contributed by atoms with E-state index in [1.54, 1.807) is 0 Å². The highest BCUT2D eigenvalue weighted by Gasteiger charge is 2.35. The molecule has 0 aliphatic carbocycles. The Morgan fingerprint density at radius 1 is 0.857 bits per heavy atom. The van der Waals surface area contributed by atoms with Crippen LogP contribution in [0.1, 0.15) is 54.4 Å². The van der Waals surface area contributed by atoms with Crippen LogP contribution >= 0.6 is 0 Å². The van der Waals surface area contributed by atoms with Crippen molar-refractivity contribution in [2.45, 2.75) is 78.6 Å². The molecular weight excluding hydrogens is 258 g/mol. The number of nitrogens with zero attached hydrogens (tertiary/aromatic N) is 3. The highest BCUT2D eigenvalue weighted by atomic mass is 15.3. The summed E-state index contributed by atoms with van der Waals surface area (Å²) in [5.74, 6) is 0.779. The number of piperazine rings is 1. The molecule has 0 amide bonds. The second-order valence-electron chi connectivity index (χ2n) is 8.08. The molecular formula is C18H37N3. The van der Waals surface area contributed by atoms with Crippen LogP contribution in [-0.2, 0) is 0 Å². The Morgan fingerprint density at radius 3 is 1.81 bits per heavy atom. The Kier molecular flexibility index (Phi) is 6.10. The van der Waals surface area contributed by atoms with Crippen LogP contribution in [0.15, 0.2) is 0 Å². The largest absolute Gasteiger partial charge is 0.298 e. The van der Waals surface area contributed by atoms with E-state index in [1.165, 1.54) is 45.6 Å². The first-order valence-corrected chi connectivity index (χ1v) is 9.12. The summed E-state index contributed by atoms with van der Waals surface area (Å²) < 4.78 is 0.